The van der Waals surface area contributed by atoms with Crippen LogP contribution in [0.3, 0.4) is 0 Å². The SMILES string of the molecule is CC(C)N1C=C2C=Cc3cccc4c3N2C1C4.CC(C)N1c2cccc3c2N2c4c(cccc4C3(C)C)CC21.CC(C)N1c2cccc3c2N2c4c(cccc4S3(=O)=O)CC21.CN1C=C2C=Cc3cccc4c3N2C1C4. The van der Waals surface area contributed by atoms with Crippen LogP contribution in [-0.2, 0) is 40.9 Å². The van der Waals surface area contributed by atoms with Gasteiger partial charge in [-0.2, -0.15) is 0 Å². The monoisotopic (exact) mass is 1020 g/mol. The Morgan fingerprint density at radius 3 is 1.50 bits per heavy atom. The zero-order valence-electron chi connectivity index (χ0n) is 45.0. The lowest BCUT2D eigenvalue weighted by atomic mass is 9.73. The summed E-state index contributed by atoms with van der Waals surface area (Å²) in [6, 6.07) is 39.7. The number of nitrogens with zero attached hydrogens (tertiary/aromatic N) is 8. The third-order valence-electron chi connectivity index (χ3n) is 18.4. The molecule has 18 rings (SSSR count). The molecule has 76 heavy (non-hydrogen) atoms. The van der Waals surface area contributed by atoms with E-state index in [4.69, 9.17) is 0 Å². The van der Waals surface area contributed by atoms with Crippen LogP contribution in [0.15, 0.2) is 155 Å². The fourth-order valence-electron chi connectivity index (χ4n) is 15.3. The van der Waals surface area contributed by atoms with E-state index in [0.29, 0.717) is 46.4 Å². The summed E-state index contributed by atoms with van der Waals surface area (Å²) >= 11 is 0. The molecular formula is C65H66N8O2S. The van der Waals surface area contributed by atoms with Crippen molar-refractivity contribution < 1.29 is 8.42 Å². The number of sulfone groups is 1. The Morgan fingerprint density at radius 2 is 0.895 bits per heavy atom. The molecular weight excluding hydrogens is 957 g/mol. The Kier molecular flexibility index (Phi) is 9.59. The zero-order valence-corrected chi connectivity index (χ0v) is 45.8. The second-order valence-electron chi connectivity index (χ2n) is 23.9. The van der Waals surface area contributed by atoms with Crippen LogP contribution >= 0.6 is 0 Å². The first kappa shape index (κ1) is 46.0. The quantitative estimate of drug-likeness (QED) is 0.171. The average molecular weight is 1020 g/mol. The summed E-state index contributed by atoms with van der Waals surface area (Å²) in [6.45, 7) is 18.2. The van der Waals surface area contributed by atoms with Crippen LogP contribution in [0.5, 0.6) is 0 Å². The summed E-state index contributed by atoms with van der Waals surface area (Å²) in [6.07, 6.45) is 19.4. The van der Waals surface area contributed by atoms with Gasteiger partial charge >= 0.3 is 0 Å². The first-order chi connectivity index (χ1) is 36.6. The van der Waals surface area contributed by atoms with E-state index in [-0.39, 0.29) is 11.6 Å². The normalized spacial score (nSPS) is 23.1. The maximum atomic E-state index is 13.0. The predicted molar refractivity (Wildman–Crippen MR) is 310 cm³/mol. The molecule has 0 bridgehead atoms. The number of hydrogen-bond acceptors (Lipinski definition) is 10. The number of likely N-dealkylation sites (N-methyl/N-ethyl adjacent to an activating group) is 1. The molecule has 0 fully saturated rings. The van der Waals surface area contributed by atoms with Crippen molar-refractivity contribution in [3.05, 3.63) is 190 Å². The molecule has 12 aliphatic rings. The first-order valence-corrected chi connectivity index (χ1v) is 29.1. The van der Waals surface area contributed by atoms with E-state index >= 15 is 0 Å². The maximum absolute atomic E-state index is 13.0. The van der Waals surface area contributed by atoms with Gasteiger partial charge in [-0.05, 0) is 122 Å². The van der Waals surface area contributed by atoms with Crippen molar-refractivity contribution in [2.45, 2.75) is 139 Å². The number of hydrogen-bond donors (Lipinski definition) is 0. The van der Waals surface area contributed by atoms with Gasteiger partial charge in [-0.1, -0.05) is 111 Å². The van der Waals surface area contributed by atoms with Gasteiger partial charge in [0.2, 0.25) is 9.84 Å². The number of benzene rings is 6. The minimum Gasteiger partial charge on any atom is -0.358 e. The van der Waals surface area contributed by atoms with Gasteiger partial charge in [-0.3, -0.25) is 0 Å². The lowest BCUT2D eigenvalue weighted by Gasteiger charge is -2.39. The van der Waals surface area contributed by atoms with Gasteiger partial charge in [0, 0.05) is 68.7 Å². The fourth-order valence-corrected chi connectivity index (χ4v) is 17.0. The Bertz CT molecular complexity index is 3770. The number of allylic oxidation sites excluding steroid dienone is 2. The van der Waals surface area contributed by atoms with E-state index in [1.54, 1.807) is 12.1 Å². The summed E-state index contributed by atoms with van der Waals surface area (Å²) in [5.41, 5.74) is 24.1. The van der Waals surface area contributed by atoms with Gasteiger partial charge in [-0.15, -0.1) is 0 Å². The molecule has 0 spiro atoms. The largest absolute Gasteiger partial charge is 0.358 e. The van der Waals surface area contributed by atoms with E-state index in [2.05, 4.69) is 217 Å². The van der Waals surface area contributed by atoms with Crippen molar-refractivity contribution in [1.82, 2.24) is 9.80 Å². The minimum absolute atomic E-state index is 0.0784. The summed E-state index contributed by atoms with van der Waals surface area (Å²) in [7, 11) is -1.27. The zero-order chi connectivity index (χ0) is 52.0. The van der Waals surface area contributed by atoms with Crippen LogP contribution in [0.25, 0.3) is 12.2 Å². The molecule has 6 aromatic carbocycles. The fraction of sp³-hybridized carbons (Fsp3) is 0.323. The summed E-state index contributed by atoms with van der Waals surface area (Å²) < 4.78 is 26.0. The molecule has 4 atom stereocenters. The molecule has 0 saturated carbocycles. The van der Waals surface area contributed by atoms with Gasteiger partial charge in [0.1, 0.15) is 24.7 Å². The van der Waals surface area contributed by atoms with Crippen LogP contribution in [0.2, 0.25) is 0 Å². The molecule has 0 aromatic heterocycles. The van der Waals surface area contributed by atoms with Gasteiger partial charge in [0.25, 0.3) is 0 Å². The van der Waals surface area contributed by atoms with E-state index < -0.39 is 9.84 Å². The predicted octanol–water partition coefficient (Wildman–Crippen LogP) is 12.8. The number of para-hydroxylation sites is 6. The molecule has 0 radical (unpaired) electrons. The smallest absolute Gasteiger partial charge is 0.210 e. The molecule has 6 aromatic rings. The number of rotatable bonds is 3. The van der Waals surface area contributed by atoms with Crippen molar-refractivity contribution in [3.8, 4) is 0 Å². The Labute approximate surface area is 448 Å². The third-order valence-corrected chi connectivity index (χ3v) is 20.2. The summed E-state index contributed by atoms with van der Waals surface area (Å²) in [5, 5.41) is 0. The van der Waals surface area contributed by atoms with Crippen LogP contribution in [0, 0.1) is 0 Å². The second-order valence-corrected chi connectivity index (χ2v) is 25.8. The molecule has 384 valence electrons. The molecule has 10 nitrogen and oxygen atoms in total. The molecule has 12 aliphatic heterocycles. The van der Waals surface area contributed by atoms with Gasteiger partial charge in [0.15, 0.2) is 0 Å². The van der Waals surface area contributed by atoms with Crippen LogP contribution in [0.1, 0.15) is 99.9 Å². The van der Waals surface area contributed by atoms with Crippen LogP contribution in [0.4, 0.5) is 45.5 Å². The molecule has 0 aliphatic carbocycles. The first-order valence-electron chi connectivity index (χ1n) is 27.7. The second kappa shape index (κ2) is 15.9. The van der Waals surface area contributed by atoms with E-state index in [1.165, 1.54) is 78.8 Å². The van der Waals surface area contributed by atoms with Gasteiger partial charge in [0.05, 0.1) is 66.7 Å². The highest BCUT2D eigenvalue weighted by Gasteiger charge is 2.53. The molecule has 4 unspecified atom stereocenters. The highest BCUT2D eigenvalue weighted by molar-refractivity contribution is 7.92. The average Bonchev–Trinajstić information content (AvgIpc) is 4.42. The summed E-state index contributed by atoms with van der Waals surface area (Å²) in [5.74, 6) is 0. The molecule has 0 saturated heterocycles. The molecule has 0 N–H and O–H groups in total. The van der Waals surface area contributed by atoms with E-state index in [9.17, 15) is 8.42 Å². The van der Waals surface area contributed by atoms with Gasteiger partial charge < -0.3 is 39.2 Å². The van der Waals surface area contributed by atoms with Crippen molar-refractivity contribution in [3.63, 3.8) is 0 Å². The third kappa shape index (κ3) is 6.00. The Morgan fingerprint density at radius 1 is 0.447 bits per heavy atom. The highest BCUT2D eigenvalue weighted by Crippen LogP contribution is 2.62. The topological polar surface area (TPSA) is 60.1 Å². The minimum atomic E-state index is -3.43. The standard InChI is InChI=1S/C20H22N2.C17H16N2O2S.C15H16N2.C13H12N2/c1-12(2)21-16-10-6-9-15-19(16)22-17(21)11-13-7-5-8-14(18(13)22)20(15,3)4;1-10(2)18-12-6-4-8-14-17(12)19-15(18)9-11-5-3-7-13(16(11)19)22(14,20)21;1-10(2)16-9-13-7-6-11-4-3-5-12-8-14(16)17(13)15(11)12;1-14-8-11-6-5-9-3-2-4-10-7-12(14)15(11)13(9)10/h5-10,12,17H,11H2,1-4H3;3-8,10,15H,9H2,1-2H3;3-7,9-10,14H,8H2,1-2H3;2-6,8,12H,7H2,1H3. The van der Waals surface area contributed by atoms with Crippen molar-refractivity contribution in [2.24, 2.45) is 0 Å². The van der Waals surface area contributed by atoms with E-state index in [1.807, 2.05) is 18.2 Å². The lowest BCUT2D eigenvalue weighted by molar-refractivity contribution is 0.254. The van der Waals surface area contributed by atoms with Gasteiger partial charge in [-0.25, -0.2) is 8.42 Å². The highest BCUT2D eigenvalue weighted by atomic mass is 32.2. The van der Waals surface area contributed by atoms with Crippen LogP contribution < -0.4 is 29.4 Å². The molecule has 11 heteroatoms. The Balaban J connectivity index is 0.0000000898. The molecule has 0 amide bonds. The van der Waals surface area contributed by atoms with Crippen molar-refractivity contribution in [2.75, 3.05) is 36.4 Å². The summed E-state index contributed by atoms with van der Waals surface area (Å²) in [4.78, 5) is 20.5. The Hall–Kier alpha value is -7.37. The maximum Gasteiger partial charge on any atom is 0.210 e. The number of anilines is 8. The van der Waals surface area contributed by atoms with E-state index in [0.717, 1.165) is 48.3 Å². The van der Waals surface area contributed by atoms with Crippen molar-refractivity contribution >= 4 is 67.5 Å². The van der Waals surface area contributed by atoms with Crippen LogP contribution in [-0.4, -0.2) is 68.1 Å². The lowest BCUT2D eigenvalue weighted by Crippen LogP contribution is -2.44. The van der Waals surface area contributed by atoms with Crippen molar-refractivity contribution in [1.29, 1.82) is 0 Å². The molecule has 12 heterocycles.